The van der Waals surface area contributed by atoms with Crippen molar-refractivity contribution < 1.29 is 8.78 Å². The lowest BCUT2D eigenvalue weighted by molar-refractivity contribution is 0.551. The third kappa shape index (κ3) is 2.09. The van der Waals surface area contributed by atoms with Gasteiger partial charge in [-0.1, -0.05) is 0 Å². The van der Waals surface area contributed by atoms with Crippen LogP contribution in [0.4, 0.5) is 14.6 Å². The Morgan fingerprint density at radius 2 is 2.19 bits per heavy atom. The molecular formula is C7H6F2N6S. The van der Waals surface area contributed by atoms with Crippen LogP contribution in [0.1, 0.15) is 0 Å². The van der Waals surface area contributed by atoms with E-state index in [1.165, 1.54) is 6.33 Å². The second kappa shape index (κ2) is 4.41. The molecule has 0 fully saturated rings. The number of pyridine rings is 1. The lowest BCUT2D eigenvalue weighted by Crippen LogP contribution is -2.11. The first-order valence-electron chi connectivity index (χ1n) is 4.06. The van der Waals surface area contributed by atoms with Crippen molar-refractivity contribution in [3.05, 3.63) is 24.0 Å². The maximum atomic E-state index is 13.3. The minimum Gasteiger partial charge on any atom is -0.306 e. The molecule has 0 unspecified atom stereocenters. The summed E-state index contributed by atoms with van der Waals surface area (Å²) in [5, 5.41) is 6.40. The first kappa shape index (κ1) is 10.8. The number of aromatic nitrogens is 4. The van der Waals surface area contributed by atoms with Crippen LogP contribution < -0.4 is 11.3 Å². The van der Waals surface area contributed by atoms with E-state index >= 15 is 0 Å². The summed E-state index contributed by atoms with van der Waals surface area (Å²) < 4.78 is 26.3. The Morgan fingerprint density at radius 1 is 1.38 bits per heavy atom. The highest BCUT2D eigenvalue weighted by molar-refractivity contribution is 7.99. The number of hydrazine groups is 1. The molecule has 0 radical (unpaired) electrons. The summed E-state index contributed by atoms with van der Waals surface area (Å²) in [7, 11) is 0. The van der Waals surface area contributed by atoms with Gasteiger partial charge in [-0.3, -0.25) is 5.10 Å². The van der Waals surface area contributed by atoms with Crippen molar-refractivity contribution in [1.82, 2.24) is 20.2 Å². The predicted molar refractivity (Wildman–Crippen MR) is 52.5 cm³/mol. The van der Waals surface area contributed by atoms with Crippen LogP contribution in [0.3, 0.4) is 0 Å². The van der Waals surface area contributed by atoms with Crippen molar-refractivity contribution in [3.8, 4) is 0 Å². The van der Waals surface area contributed by atoms with E-state index in [1.54, 1.807) is 0 Å². The molecule has 6 nitrogen and oxygen atoms in total. The van der Waals surface area contributed by atoms with Crippen LogP contribution in [-0.2, 0) is 0 Å². The standard InChI is InChI=1S/C7H6F2N6S/c8-3-1-4(9)6(13-5(3)14-10)16-7-11-2-12-15-7/h1-2H,10H2,(H,13,14)(H,11,12,15). The number of nitrogens with one attached hydrogen (secondary N) is 2. The van der Waals surface area contributed by atoms with E-state index in [1.807, 2.05) is 5.43 Å². The normalized spacial score (nSPS) is 10.4. The highest BCUT2D eigenvalue weighted by Gasteiger charge is 2.13. The second-order valence-corrected chi connectivity index (χ2v) is 3.62. The lowest BCUT2D eigenvalue weighted by atomic mass is 10.4. The molecule has 0 spiro atoms. The number of aromatic amines is 1. The molecule has 0 amide bonds. The molecule has 0 aromatic carbocycles. The Bertz CT molecular complexity index is 488. The molecule has 0 saturated heterocycles. The van der Waals surface area contributed by atoms with Gasteiger partial charge in [0.1, 0.15) is 11.4 Å². The number of anilines is 1. The van der Waals surface area contributed by atoms with Gasteiger partial charge in [-0.05, 0) is 11.8 Å². The van der Waals surface area contributed by atoms with Crippen LogP contribution in [0, 0.1) is 11.6 Å². The molecule has 2 aromatic heterocycles. The highest BCUT2D eigenvalue weighted by atomic mass is 32.2. The molecule has 0 aliphatic heterocycles. The molecule has 84 valence electrons. The van der Waals surface area contributed by atoms with E-state index < -0.39 is 11.6 Å². The average molecular weight is 244 g/mol. The second-order valence-electron chi connectivity index (χ2n) is 2.64. The van der Waals surface area contributed by atoms with Crippen LogP contribution >= 0.6 is 11.8 Å². The third-order valence-corrected chi connectivity index (χ3v) is 2.49. The van der Waals surface area contributed by atoms with E-state index in [2.05, 4.69) is 20.2 Å². The van der Waals surface area contributed by atoms with Gasteiger partial charge in [-0.15, -0.1) is 0 Å². The first-order chi connectivity index (χ1) is 7.70. The molecule has 2 heterocycles. The van der Waals surface area contributed by atoms with Crippen LogP contribution in [0.15, 0.2) is 22.6 Å². The number of nitrogens with zero attached hydrogens (tertiary/aromatic N) is 3. The Kier molecular flexibility index (Phi) is 2.97. The quantitative estimate of drug-likeness (QED) is 0.549. The van der Waals surface area contributed by atoms with Gasteiger partial charge in [0, 0.05) is 6.07 Å². The maximum Gasteiger partial charge on any atom is 0.189 e. The van der Waals surface area contributed by atoms with E-state index in [4.69, 9.17) is 5.84 Å². The zero-order valence-electron chi connectivity index (χ0n) is 7.74. The van der Waals surface area contributed by atoms with Crippen molar-refractivity contribution in [3.63, 3.8) is 0 Å². The predicted octanol–water partition coefficient (Wildman–Crippen LogP) is 0.915. The fourth-order valence-corrected chi connectivity index (χ4v) is 1.63. The van der Waals surface area contributed by atoms with E-state index in [0.29, 0.717) is 11.2 Å². The number of nitrogen functional groups attached to an aromatic ring is 1. The van der Waals surface area contributed by atoms with Crippen LogP contribution in [0.25, 0.3) is 0 Å². The minimum absolute atomic E-state index is 0.0499. The molecule has 4 N–H and O–H groups in total. The number of H-pyrrole nitrogens is 1. The average Bonchev–Trinajstić information content (AvgIpc) is 2.75. The van der Waals surface area contributed by atoms with Crippen molar-refractivity contribution in [2.45, 2.75) is 10.2 Å². The number of halogens is 2. The fourth-order valence-electron chi connectivity index (χ4n) is 0.958. The summed E-state index contributed by atoms with van der Waals surface area (Å²) in [4.78, 5) is 7.43. The molecule has 16 heavy (non-hydrogen) atoms. The summed E-state index contributed by atoms with van der Waals surface area (Å²) in [6.07, 6.45) is 1.27. The Balaban J connectivity index is 2.33. The molecule has 2 aromatic rings. The summed E-state index contributed by atoms with van der Waals surface area (Å²) in [5.41, 5.74) is 2.03. The van der Waals surface area contributed by atoms with Crippen molar-refractivity contribution in [2.24, 2.45) is 5.84 Å². The topological polar surface area (TPSA) is 92.5 Å². The molecule has 0 bridgehead atoms. The Labute approximate surface area is 92.6 Å². The summed E-state index contributed by atoms with van der Waals surface area (Å²) in [6, 6.07) is 0.695. The zero-order valence-corrected chi connectivity index (χ0v) is 8.55. The molecule has 9 heteroatoms. The Hall–Kier alpha value is -1.74. The number of nitrogens with two attached hydrogens (primary N) is 1. The fraction of sp³-hybridized carbons (Fsp3) is 0. The lowest BCUT2D eigenvalue weighted by Gasteiger charge is -2.04. The number of hydrogen-bond donors (Lipinski definition) is 3. The van der Waals surface area contributed by atoms with E-state index in [-0.39, 0.29) is 10.8 Å². The van der Waals surface area contributed by atoms with Gasteiger partial charge in [0.25, 0.3) is 0 Å². The molecule has 2 rings (SSSR count). The van der Waals surface area contributed by atoms with Crippen LogP contribution in [0.5, 0.6) is 0 Å². The van der Waals surface area contributed by atoms with Gasteiger partial charge in [0.15, 0.2) is 22.6 Å². The maximum absolute atomic E-state index is 13.3. The first-order valence-corrected chi connectivity index (χ1v) is 4.88. The molecule has 0 aliphatic carbocycles. The Morgan fingerprint density at radius 3 is 2.81 bits per heavy atom. The van der Waals surface area contributed by atoms with Gasteiger partial charge < -0.3 is 5.43 Å². The van der Waals surface area contributed by atoms with Crippen LogP contribution in [-0.4, -0.2) is 20.2 Å². The van der Waals surface area contributed by atoms with Gasteiger partial charge in [-0.25, -0.2) is 24.6 Å². The van der Waals surface area contributed by atoms with Crippen molar-refractivity contribution >= 4 is 17.6 Å². The minimum atomic E-state index is -0.859. The van der Waals surface area contributed by atoms with Crippen LogP contribution in [0.2, 0.25) is 0 Å². The molecule has 0 atom stereocenters. The molecule has 0 aliphatic rings. The summed E-state index contributed by atoms with van der Waals surface area (Å²) in [6.45, 7) is 0. The monoisotopic (exact) mass is 244 g/mol. The highest BCUT2D eigenvalue weighted by Crippen LogP contribution is 2.27. The zero-order chi connectivity index (χ0) is 11.5. The number of rotatable bonds is 3. The van der Waals surface area contributed by atoms with E-state index in [0.717, 1.165) is 11.8 Å². The van der Waals surface area contributed by atoms with E-state index in [9.17, 15) is 8.78 Å². The van der Waals surface area contributed by atoms with Gasteiger partial charge in [0.05, 0.1) is 0 Å². The largest absolute Gasteiger partial charge is 0.306 e. The third-order valence-electron chi connectivity index (χ3n) is 1.62. The number of hydrogen-bond acceptors (Lipinski definition) is 6. The summed E-state index contributed by atoms with van der Waals surface area (Å²) in [5.74, 6) is 3.14. The van der Waals surface area contributed by atoms with Gasteiger partial charge >= 0.3 is 0 Å². The SMILES string of the molecule is NNc1nc(Sc2ncn[nH]2)c(F)cc1F. The summed E-state index contributed by atoms with van der Waals surface area (Å²) >= 11 is 0.882. The smallest absolute Gasteiger partial charge is 0.189 e. The van der Waals surface area contributed by atoms with Crippen molar-refractivity contribution in [2.75, 3.05) is 5.43 Å². The van der Waals surface area contributed by atoms with Crippen molar-refractivity contribution in [1.29, 1.82) is 0 Å². The van der Waals surface area contributed by atoms with Gasteiger partial charge in [0.2, 0.25) is 0 Å². The molecular weight excluding hydrogens is 238 g/mol. The molecule has 0 saturated carbocycles. The van der Waals surface area contributed by atoms with Gasteiger partial charge in [-0.2, -0.15) is 5.10 Å².